The molecular weight excluding hydrogens is 208 g/mol. The molecule has 0 aromatic carbocycles. The van der Waals surface area contributed by atoms with E-state index in [9.17, 15) is 21.4 Å². The number of hydrogen-bond donors (Lipinski definition) is 0. The Hall–Kier alpha value is -0.440. The van der Waals surface area contributed by atoms with Crippen LogP contribution in [0.4, 0.5) is 0 Å². The lowest BCUT2D eigenvalue weighted by molar-refractivity contribution is 0.232. The van der Waals surface area contributed by atoms with Gasteiger partial charge < -0.3 is 4.55 Å². The van der Waals surface area contributed by atoms with Crippen LogP contribution in [0, 0.1) is 0 Å². The highest BCUT2D eigenvalue weighted by molar-refractivity contribution is 7.94. The van der Waals surface area contributed by atoms with Crippen molar-refractivity contribution in [1.82, 2.24) is 0 Å². The van der Waals surface area contributed by atoms with Crippen LogP contribution in [0.15, 0.2) is 11.5 Å². The highest BCUT2D eigenvalue weighted by Gasteiger charge is 2.23. The second-order valence-corrected chi connectivity index (χ2v) is 5.14. The molecule has 0 saturated carbocycles. The minimum atomic E-state index is -4.82. The predicted octanol–water partition coefficient (Wildman–Crippen LogP) is -1.23. The minimum absolute atomic E-state index is 0.492. The van der Waals surface area contributed by atoms with E-state index in [1.807, 2.05) is 0 Å². The molecule has 6 nitrogen and oxygen atoms in total. The first kappa shape index (κ1) is 9.65. The maximum atomic E-state index is 10.7. The van der Waals surface area contributed by atoms with E-state index in [-0.39, 0.29) is 0 Å². The second-order valence-electron chi connectivity index (χ2n) is 2.20. The van der Waals surface area contributed by atoms with Gasteiger partial charge in [0.2, 0.25) is 10.4 Å². The first-order valence-electron chi connectivity index (χ1n) is 2.83. The van der Waals surface area contributed by atoms with E-state index >= 15 is 0 Å². The zero-order valence-corrected chi connectivity index (χ0v) is 7.34. The van der Waals surface area contributed by atoms with Crippen LogP contribution in [0.3, 0.4) is 0 Å². The molecule has 1 aliphatic heterocycles. The summed E-state index contributed by atoms with van der Waals surface area (Å²) < 4.78 is 55.2. The molecule has 0 spiro atoms. The molecule has 70 valence electrons. The molecule has 0 radical (unpaired) electrons. The van der Waals surface area contributed by atoms with Gasteiger partial charge in [-0.15, -0.1) is 0 Å². The third-order valence-corrected chi connectivity index (χ3v) is 2.99. The molecule has 0 aromatic rings. The zero-order valence-electron chi connectivity index (χ0n) is 5.71. The molecule has 8 heteroatoms. The smallest absolute Gasteiger partial charge is 0.218 e. The third-order valence-electron chi connectivity index (χ3n) is 1.14. The molecule has 1 aliphatic rings. The molecule has 0 bridgehead atoms. The zero-order chi connectivity index (χ0) is 9.41. The van der Waals surface area contributed by atoms with E-state index in [1.165, 1.54) is 0 Å². The van der Waals surface area contributed by atoms with Gasteiger partial charge in [0.1, 0.15) is 6.10 Å². The topological polar surface area (TPSA) is 101 Å². The summed E-state index contributed by atoms with van der Waals surface area (Å²) in [5, 5.41) is 0.822. The summed E-state index contributed by atoms with van der Waals surface area (Å²) in [5.41, 5.74) is 0. The van der Waals surface area contributed by atoms with Gasteiger partial charge in [0.15, 0.2) is 9.84 Å². The van der Waals surface area contributed by atoms with Crippen LogP contribution in [0.1, 0.15) is 0 Å². The van der Waals surface area contributed by atoms with Crippen molar-refractivity contribution in [3.05, 3.63) is 11.5 Å². The quantitative estimate of drug-likeness (QED) is 0.420. The second kappa shape index (κ2) is 2.80. The Bertz CT molecular complexity index is 387. The molecule has 0 saturated heterocycles. The van der Waals surface area contributed by atoms with Gasteiger partial charge >= 0.3 is 0 Å². The van der Waals surface area contributed by atoms with E-state index in [0.717, 1.165) is 11.5 Å². The van der Waals surface area contributed by atoms with E-state index in [2.05, 4.69) is 4.18 Å². The molecule has 0 unspecified atom stereocenters. The number of hydrogen-bond acceptors (Lipinski definition) is 6. The summed E-state index contributed by atoms with van der Waals surface area (Å²) in [6.07, 6.45) is -0.150. The maximum Gasteiger partial charge on any atom is 0.218 e. The predicted molar refractivity (Wildman–Crippen MR) is 37.5 cm³/mol. The maximum absolute atomic E-state index is 10.7. The molecule has 0 N–H and O–H groups in total. The van der Waals surface area contributed by atoms with Crippen LogP contribution in [-0.4, -0.2) is 33.2 Å². The van der Waals surface area contributed by atoms with Crippen LogP contribution >= 0.6 is 0 Å². The van der Waals surface area contributed by atoms with E-state index < -0.39 is 32.1 Å². The fourth-order valence-electron chi connectivity index (χ4n) is 0.759. The van der Waals surface area contributed by atoms with Crippen molar-refractivity contribution in [1.29, 1.82) is 0 Å². The lowest BCUT2D eigenvalue weighted by Gasteiger charge is -2.10. The molecule has 1 heterocycles. The Morgan fingerprint density at radius 3 is 2.42 bits per heavy atom. The monoisotopic (exact) mass is 213 g/mol. The molecule has 0 fully saturated rings. The van der Waals surface area contributed by atoms with Gasteiger partial charge in [0.25, 0.3) is 0 Å². The van der Waals surface area contributed by atoms with Gasteiger partial charge in [0, 0.05) is 5.41 Å². The number of rotatable bonds is 2. The van der Waals surface area contributed by atoms with Crippen LogP contribution in [0.2, 0.25) is 0 Å². The van der Waals surface area contributed by atoms with E-state index in [4.69, 9.17) is 0 Å². The van der Waals surface area contributed by atoms with E-state index in [0.29, 0.717) is 0 Å². The molecular formula is C4H5O6S2-. The van der Waals surface area contributed by atoms with Crippen LogP contribution < -0.4 is 0 Å². The first-order valence-corrected chi connectivity index (χ1v) is 5.88. The van der Waals surface area contributed by atoms with Crippen molar-refractivity contribution < 1.29 is 25.6 Å². The minimum Gasteiger partial charge on any atom is -0.726 e. The molecule has 0 amide bonds. The number of sulfone groups is 1. The van der Waals surface area contributed by atoms with Gasteiger partial charge in [0.05, 0.1) is 5.75 Å². The van der Waals surface area contributed by atoms with Crippen LogP contribution in [0.25, 0.3) is 0 Å². The third kappa shape index (κ3) is 2.89. The van der Waals surface area contributed by atoms with Gasteiger partial charge in [-0.25, -0.2) is 16.8 Å². The summed E-state index contributed by atoms with van der Waals surface area (Å²) in [4.78, 5) is 0. The lowest BCUT2D eigenvalue weighted by Crippen LogP contribution is -2.19. The Kier molecular flexibility index (Phi) is 2.25. The summed E-state index contributed by atoms with van der Waals surface area (Å²) in [7, 11) is -8.20. The van der Waals surface area contributed by atoms with Crippen molar-refractivity contribution in [3.63, 3.8) is 0 Å². The molecule has 0 aromatic heterocycles. The van der Waals surface area contributed by atoms with Crippen molar-refractivity contribution >= 4 is 20.2 Å². The summed E-state index contributed by atoms with van der Waals surface area (Å²) in [6.45, 7) is 0. The summed E-state index contributed by atoms with van der Waals surface area (Å²) in [5.74, 6) is -0.492. The van der Waals surface area contributed by atoms with Crippen LogP contribution in [0.5, 0.6) is 0 Å². The Morgan fingerprint density at radius 2 is 2.08 bits per heavy atom. The SMILES string of the molecule is O=S1(=O)C=C[C@@H](OS(=O)(=O)[O-])C1. The van der Waals surface area contributed by atoms with Crippen molar-refractivity contribution in [3.8, 4) is 0 Å². The average molecular weight is 213 g/mol. The molecule has 1 atom stereocenters. The highest BCUT2D eigenvalue weighted by Crippen LogP contribution is 2.12. The van der Waals surface area contributed by atoms with Gasteiger partial charge in [-0.3, -0.25) is 4.18 Å². The lowest BCUT2D eigenvalue weighted by atomic mass is 10.4. The van der Waals surface area contributed by atoms with Crippen molar-refractivity contribution in [2.45, 2.75) is 6.10 Å². The van der Waals surface area contributed by atoms with E-state index in [1.54, 1.807) is 0 Å². The Labute approximate surface area is 69.7 Å². The largest absolute Gasteiger partial charge is 0.726 e. The Balaban J connectivity index is 2.69. The highest BCUT2D eigenvalue weighted by atomic mass is 32.3. The van der Waals surface area contributed by atoms with Gasteiger partial charge in [-0.1, -0.05) is 0 Å². The molecule has 12 heavy (non-hydrogen) atoms. The van der Waals surface area contributed by atoms with Gasteiger partial charge in [-0.05, 0) is 6.08 Å². The average Bonchev–Trinajstić information content (AvgIpc) is 2.05. The van der Waals surface area contributed by atoms with Gasteiger partial charge in [-0.2, -0.15) is 0 Å². The van der Waals surface area contributed by atoms with Crippen molar-refractivity contribution in [2.75, 3.05) is 5.75 Å². The van der Waals surface area contributed by atoms with Crippen LogP contribution in [-0.2, 0) is 24.4 Å². The standard InChI is InChI=1S/C4H6O6S2/c5-11(6)2-1-4(3-11)10-12(7,8)9/h1-2,4H,3H2,(H,7,8,9)/p-1/t4-/m1/s1. The molecule has 1 rings (SSSR count). The fourth-order valence-corrected chi connectivity index (χ4v) is 2.44. The Morgan fingerprint density at radius 1 is 1.50 bits per heavy atom. The summed E-state index contributed by atoms with van der Waals surface area (Å²) >= 11 is 0. The normalized spacial score (nSPS) is 27.6. The molecule has 0 aliphatic carbocycles. The van der Waals surface area contributed by atoms with Crippen molar-refractivity contribution in [2.24, 2.45) is 0 Å². The fraction of sp³-hybridized carbons (Fsp3) is 0.500. The first-order chi connectivity index (χ1) is 5.29. The summed E-state index contributed by atoms with van der Waals surface area (Å²) in [6, 6.07) is 0.